The van der Waals surface area contributed by atoms with Gasteiger partial charge >= 0.3 is 5.69 Å². The third-order valence-electron chi connectivity index (χ3n) is 2.69. The van der Waals surface area contributed by atoms with Crippen LogP contribution in [-0.2, 0) is 13.6 Å². The van der Waals surface area contributed by atoms with Crippen molar-refractivity contribution < 1.29 is 0 Å². The maximum absolute atomic E-state index is 11.5. The standard InChI is InChI=1S/C11H9ClN6O/c1-17-10-7(5-14-17)9(12)15-8(16-10)6-18-4-2-3-13-11(18)19/h2-5H,6H2,1H3. The summed E-state index contributed by atoms with van der Waals surface area (Å²) in [7, 11) is 1.77. The molecule has 3 rings (SSSR count). The molecule has 3 aromatic heterocycles. The van der Waals surface area contributed by atoms with Crippen LogP contribution in [0.2, 0.25) is 5.15 Å². The van der Waals surface area contributed by atoms with Crippen LogP contribution in [0, 0.1) is 0 Å². The molecule has 0 saturated heterocycles. The first kappa shape index (κ1) is 11.8. The molecule has 3 aromatic rings. The molecule has 0 amide bonds. The topological polar surface area (TPSA) is 78.5 Å². The van der Waals surface area contributed by atoms with E-state index in [9.17, 15) is 4.79 Å². The molecule has 0 unspecified atom stereocenters. The number of hydrogen-bond donors (Lipinski definition) is 0. The summed E-state index contributed by atoms with van der Waals surface area (Å²) in [6.07, 6.45) is 4.68. The van der Waals surface area contributed by atoms with Crippen molar-refractivity contribution in [2.45, 2.75) is 6.54 Å². The van der Waals surface area contributed by atoms with Gasteiger partial charge in [0.05, 0.1) is 18.1 Å². The Kier molecular flexibility index (Phi) is 2.75. The third kappa shape index (κ3) is 2.08. The Morgan fingerprint density at radius 2 is 2.21 bits per heavy atom. The smallest absolute Gasteiger partial charge is 0.292 e. The SMILES string of the molecule is Cn1ncc2c(Cl)nc(Cn3cccnc3=O)nc21. The molecule has 19 heavy (non-hydrogen) atoms. The lowest BCUT2D eigenvalue weighted by molar-refractivity contribution is 0.689. The summed E-state index contributed by atoms with van der Waals surface area (Å²) >= 11 is 6.07. The lowest BCUT2D eigenvalue weighted by atomic mass is 10.4. The van der Waals surface area contributed by atoms with Gasteiger partial charge in [-0.15, -0.1) is 0 Å². The van der Waals surface area contributed by atoms with E-state index < -0.39 is 0 Å². The summed E-state index contributed by atoms with van der Waals surface area (Å²) < 4.78 is 3.02. The van der Waals surface area contributed by atoms with Crippen LogP contribution in [0.25, 0.3) is 11.0 Å². The van der Waals surface area contributed by atoms with Gasteiger partial charge in [-0.25, -0.2) is 19.7 Å². The van der Waals surface area contributed by atoms with Crippen molar-refractivity contribution in [3.05, 3.63) is 46.1 Å². The van der Waals surface area contributed by atoms with Crippen LogP contribution in [0.4, 0.5) is 0 Å². The fourth-order valence-corrected chi connectivity index (χ4v) is 1.99. The van der Waals surface area contributed by atoms with E-state index in [2.05, 4.69) is 20.1 Å². The third-order valence-corrected chi connectivity index (χ3v) is 2.97. The maximum atomic E-state index is 11.5. The van der Waals surface area contributed by atoms with Crippen LogP contribution in [0.1, 0.15) is 5.82 Å². The molecule has 0 radical (unpaired) electrons. The molecule has 0 spiro atoms. The van der Waals surface area contributed by atoms with E-state index >= 15 is 0 Å². The summed E-state index contributed by atoms with van der Waals surface area (Å²) in [4.78, 5) is 23.7. The van der Waals surface area contributed by atoms with Crippen molar-refractivity contribution in [3.8, 4) is 0 Å². The van der Waals surface area contributed by atoms with Gasteiger partial charge in [-0.3, -0.25) is 9.25 Å². The second-order valence-electron chi connectivity index (χ2n) is 3.97. The minimum atomic E-state index is -0.354. The first-order valence-corrected chi connectivity index (χ1v) is 5.88. The monoisotopic (exact) mass is 276 g/mol. The van der Waals surface area contributed by atoms with Gasteiger partial charge in [0.2, 0.25) is 0 Å². The van der Waals surface area contributed by atoms with Crippen molar-refractivity contribution in [2.24, 2.45) is 7.05 Å². The Labute approximate surface area is 112 Å². The summed E-state index contributed by atoms with van der Waals surface area (Å²) in [6, 6.07) is 1.67. The lowest BCUT2D eigenvalue weighted by Crippen LogP contribution is -2.23. The average Bonchev–Trinajstić information content (AvgIpc) is 2.75. The Balaban J connectivity index is 2.09. The largest absolute Gasteiger partial charge is 0.347 e. The molecule has 0 atom stereocenters. The molecular weight excluding hydrogens is 268 g/mol. The fraction of sp³-hybridized carbons (Fsp3) is 0.182. The fourth-order valence-electron chi connectivity index (χ4n) is 1.76. The van der Waals surface area contributed by atoms with E-state index in [0.717, 1.165) is 0 Å². The molecule has 0 aliphatic rings. The molecule has 8 heteroatoms. The van der Waals surface area contributed by atoms with Crippen LogP contribution in [0.3, 0.4) is 0 Å². The molecule has 0 N–H and O–H groups in total. The molecule has 0 aliphatic heterocycles. The highest BCUT2D eigenvalue weighted by Gasteiger charge is 2.10. The number of fused-ring (bicyclic) bond motifs is 1. The number of nitrogens with zero attached hydrogens (tertiary/aromatic N) is 6. The van der Waals surface area contributed by atoms with Gasteiger partial charge in [-0.2, -0.15) is 5.10 Å². The highest BCUT2D eigenvalue weighted by Crippen LogP contribution is 2.19. The Bertz CT molecular complexity index is 808. The van der Waals surface area contributed by atoms with E-state index in [1.165, 1.54) is 10.8 Å². The van der Waals surface area contributed by atoms with Crippen LogP contribution < -0.4 is 5.69 Å². The molecular formula is C11H9ClN6O. The molecule has 0 fully saturated rings. The zero-order valence-electron chi connectivity index (χ0n) is 9.99. The first-order valence-electron chi connectivity index (χ1n) is 5.51. The Morgan fingerprint density at radius 3 is 3.00 bits per heavy atom. The van der Waals surface area contributed by atoms with Gasteiger partial charge in [0.1, 0.15) is 5.15 Å². The number of halogens is 1. The van der Waals surface area contributed by atoms with Crippen molar-refractivity contribution in [1.29, 1.82) is 0 Å². The number of rotatable bonds is 2. The number of hydrogen-bond acceptors (Lipinski definition) is 5. The van der Waals surface area contributed by atoms with E-state index in [1.54, 1.807) is 30.2 Å². The summed E-state index contributed by atoms with van der Waals surface area (Å²) in [5, 5.41) is 5.08. The molecule has 7 nitrogen and oxygen atoms in total. The highest BCUT2D eigenvalue weighted by molar-refractivity contribution is 6.33. The van der Waals surface area contributed by atoms with Crippen molar-refractivity contribution in [1.82, 2.24) is 29.3 Å². The second kappa shape index (κ2) is 4.43. The molecule has 0 bridgehead atoms. The van der Waals surface area contributed by atoms with E-state index in [4.69, 9.17) is 11.6 Å². The zero-order valence-corrected chi connectivity index (χ0v) is 10.7. The summed E-state index contributed by atoms with van der Waals surface area (Å²) in [5.74, 6) is 0.441. The maximum Gasteiger partial charge on any atom is 0.347 e. The number of aryl methyl sites for hydroxylation is 1. The Hall–Kier alpha value is -2.28. The second-order valence-corrected chi connectivity index (χ2v) is 4.32. The van der Waals surface area contributed by atoms with Crippen LogP contribution in [-0.4, -0.2) is 29.3 Å². The average molecular weight is 277 g/mol. The molecule has 96 valence electrons. The highest BCUT2D eigenvalue weighted by atomic mass is 35.5. The van der Waals surface area contributed by atoms with Crippen LogP contribution >= 0.6 is 11.6 Å². The predicted molar refractivity (Wildman–Crippen MR) is 68.9 cm³/mol. The van der Waals surface area contributed by atoms with Crippen molar-refractivity contribution in [2.75, 3.05) is 0 Å². The normalized spacial score (nSPS) is 11.1. The van der Waals surface area contributed by atoms with Gasteiger partial charge < -0.3 is 0 Å². The van der Waals surface area contributed by atoms with Gasteiger partial charge in [0, 0.05) is 19.4 Å². The molecule has 3 heterocycles. The zero-order chi connectivity index (χ0) is 13.4. The predicted octanol–water partition coefficient (Wildman–Crippen LogP) is 0.622. The molecule has 0 aliphatic carbocycles. The van der Waals surface area contributed by atoms with E-state index in [0.29, 0.717) is 22.0 Å². The quantitative estimate of drug-likeness (QED) is 0.641. The van der Waals surface area contributed by atoms with Gasteiger partial charge in [-0.1, -0.05) is 11.6 Å². The summed E-state index contributed by atoms with van der Waals surface area (Å²) in [6.45, 7) is 0.216. The van der Waals surface area contributed by atoms with Gasteiger partial charge in [0.25, 0.3) is 0 Å². The van der Waals surface area contributed by atoms with Crippen molar-refractivity contribution >= 4 is 22.6 Å². The molecule has 0 aromatic carbocycles. The Morgan fingerprint density at radius 1 is 1.37 bits per heavy atom. The van der Waals surface area contributed by atoms with E-state index in [1.807, 2.05) is 0 Å². The van der Waals surface area contributed by atoms with Crippen LogP contribution in [0.15, 0.2) is 29.5 Å². The number of aromatic nitrogens is 6. The minimum absolute atomic E-state index is 0.216. The van der Waals surface area contributed by atoms with Gasteiger partial charge in [0.15, 0.2) is 11.5 Å². The molecule has 0 saturated carbocycles. The van der Waals surface area contributed by atoms with Crippen LogP contribution in [0.5, 0.6) is 0 Å². The first-order chi connectivity index (χ1) is 9.15. The van der Waals surface area contributed by atoms with Gasteiger partial charge in [-0.05, 0) is 6.07 Å². The summed E-state index contributed by atoms with van der Waals surface area (Å²) in [5.41, 5.74) is 0.277. The van der Waals surface area contributed by atoms with Crippen molar-refractivity contribution in [3.63, 3.8) is 0 Å². The lowest BCUT2D eigenvalue weighted by Gasteiger charge is -2.04. The minimum Gasteiger partial charge on any atom is -0.292 e. The van der Waals surface area contributed by atoms with E-state index in [-0.39, 0.29) is 12.2 Å².